The van der Waals surface area contributed by atoms with E-state index in [-0.39, 0.29) is 12.2 Å². The van der Waals surface area contributed by atoms with Crippen molar-refractivity contribution in [3.63, 3.8) is 0 Å². The second-order valence-electron chi connectivity index (χ2n) is 4.09. The fourth-order valence-corrected chi connectivity index (χ4v) is 1.43. The molecule has 7 N–H and O–H groups in total. The van der Waals surface area contributed by atoms with E-state index in [0.29, 0.717) is 0 Å². The van der Waals surface area contributed by atoms with E-state index in [4.69, 9.17) is 16.6 Å². The van der Waals surface area contributed by atoms with Gasteiger partial charge >= 0.3 is 5.97 Å². The summed E-state index contributed by atoms with van der Waals surface area (Å²) in [6.07, 6.45) is -0.353. The molecule has 3 amide bonds. The Labute approximate surface area is 120 Å². The Hall–Kier alpha value is -1.81. The molecular weight excluding hydrogens is 288 g/mol. The van der Waals surface area contributed by atoms with Gasteiger partial charge in [-0.2, -0.15) is 12.6 Å². The van der Waals surface area contributed by atoms with Crippen LogP contribution in [0.4, 0.5) is 0 Å². The van der Waals surface area contributed by atoms with Crippen molar-refractivity contribution in [2.24, 2.45) is 11.5 Å². The van der Waals surface area contributed by atoms with Gasteiger partial charge in [-0.15, -0.1) is 0 Å². The molecule has 9 nitrogen and oxygen atoms in total. The van der Waals surface area contributed by atoms with Crippen LogP contribution in [-0.4, -0.2) is 52.7 Å². The topological polar surface area (TPSA) is 165 Å². The second-order valence-corrected chi connectivity index (χ2v) is 4.45. The van der Waals surface area contributed by atoms with Gasteiger partial charge in [-0.05, 0) is 6.92 Å². The van der Waals surface area contributed by atoms with Crippen LogP contribution in [0.3, 0.4) is 0 Å². The number of carboxylic acid groups (broad SMARTS) is 1. The lowest BCUT2D eigenvalue weighted by Gasteiger charge is -2.19. The minimum atomic E-state index is -1.24. The van der Waals surface area contributed by atoms with Crippen molar-refractivity contribution in [1.82, 2.24) is 10.6 Å². The molecule has 0 aromatic carbocycles. The average molecular weight is 306 g/mol. The predicted molar refractivity (Wildman–Crippen MR) is 72.8 cm³/mol. The molecule has 0 aromatic heterocycles. The third kappa shape index (κ3) is 6.38. The molecular formula is C10H18N4O5S. The molecule has 0 spiro atoms. The normalized spacial score (nSPS) is 14.8. The maximum Gasteiger partial charge on any atom is 0.327 e. The smallest absolute Gasteiger partial charge is 0.327 e. The molecule has 0 aliphatic carbocycles. The lowest BCUT2D eigenvalue weighted by molar-refractivity contribution is -0.141. The fourth-order valence-electron chi connectivity index (χ4n) is 1.18. The van der Waals surface area contributed by atoms with Crippen LogP contribution in [0, 0.1) is 0 Å². The quantitative estimate of drug-likeness (QED) is 0.265. The van der Waals surface area contributed by atoms with Crippen molar-refractivity contribution < 1.29 is 24.3 Å². The fraction of sp³-hybridized carbons (Fsp3) is 0.600. The van der Waals surface area contributed by atoms with Crippen LogP contribution in [-0.2, 0) is 19.2 Å². The summed E-state index contributed by atoms with van der Waals surface area (Å²) in [4.78, 5) is 44.5. The van der Waals surface area contributed by atoms with Gasteiger partial charge in [0.1, 0.15) is 12.1 Å². The first-order valence-electron chi connectivity index (χ1n) is 5.67. The van der Waals surface area contributed by atoms with Gasteiger partial charge in [0.2, 0.25) is 17.7 Å². The van der Waals surface area contributed by atoms with E-state index in [0.717, 1.165) is 0 Å². The highest BCUT2D eigenvalue weighted by atomic mass is 32.1. The molecule has 0 bridgehead atoms. The third-order valence-electron chi connectivity index (χ3n) is 2.31. The zero-order valence-electron chi connectivity index (χ0n) is 10.8. The average Bonchev–Trinajstić information content (AvgIpc) is 2.33. The summed E-state index contributed by atoms with van der Waals surface area (Å²) in [5.41, 5.74) is 10.3. The monoisotopic (exact) mass is 306 g/mol. The van der Waals surface area contributed by atoms with Crippen molar-refractivity contribution in [3.8, 4) is 0 Å². The molecule has 0 radical (unpaired) electrons. The molecule has 0 saturated heterocycles. The number of nitrogens with two attached hydrogens (primary N) is 2. The number of hydrogen-bond donors (Lipinski definition) is 6. The minimum absolute atomic E-state index is 0.0943. The highest BCUT2D eigenvalue weighted by molar-refractivity contribution is 7.80. The molecule has 20 heavy (non-hydrogen) atoms. The number of aliphatic carboxylic acids is 1. The Bertz CT molecular complexity index is 403. The molecule has 0 saturated carbocycles. The highest BCUT2D eigenvalue weighted by Crippen LogP contribution is 1.93. The Balaban J connectivity index is 4.42. The van der Waals surface area contributed by atoms with E-state index in [2.05, 4.69) is 23.3 Å². The highest BCUT2D eigenvalue weighted by Gasteiger charge is 2.24. The number of carbonyl (C=O) groups is 4. The van der Waals surface area contributed by atoms with E-state index in [1.807, 2.05) is 0 Å². The predicted octanol–water partition coefficient (Wildman–Crippen LogP) is -2.81. The van der Waals surface area contributed by atoms with Crippen LogP contribution >= 0.6 is 12.6 Å². The summed E-state index contributed by atoms with van der Waals surface area (Å²) in [6, 6.07) is -3.34. The van der Waals surface area contributed by atoms with Gasteiger partial charge in [0.25, 0.3) is 0 Å². The first kappa shape index (κ1) is 18.2. The maximum atomic E-state index is 11.6. The molecule has 0 heterocycles. The number of carboxylic acids is 1. The van der Waals surface area contributed by atoms with Crippen molar-refractivity contribution in [2.75, 3.05) is 5.75 Å². The maximum absolute atomic E-state index is 11.6. The third-order valence-corrected chi connectivity index (χ3v) is 2.67. The van der Waals surface area contributed by atoms with Gasteiger partial charge in [-0.3, -0.25) is 14.4 Å². The molecule has 0 fully saturated rings. The SMILES string of the molecule is CC(NC(=O)C(N)CC(N)=O)C(=O)NC(CS)C(=O)O. The van der Waals surface area contributed by atoms with Crippen LogP contribution < -0.4 is 22.1 Å². The zero-order valence-corrected chi connectivity index (χ0v) is 11.7. The van der Waals surface area contributed by atoms with Gasteiger partial charge in [0, 0.05) is 5.75 Å². The van der Waals surface area contributed by atoms with Gasteiger partial charge in [-0.1, -0.05) is 0 Å². The molecule has 3 unspecified atom stereocenters. The van der Waals surface area contributed by atoms with Crippen LogP contribution in [0.1, 0.15) is 13.3 Å². The van der Waals surface area contributed by atoms with E-state index in [1.165, 1.54) is 6.92 Å². The molecule has 114 valence electrons. The molecule has 10 heteroatoms. The molecule has 0 rings (SSSR count). The lowest BCUT2D eigenvalue weighted by Crippen LogP contribution is -2.54. The van der Waals surface area contributed by atoms with E-state index < -0.39 is 41.8 Å². The number of primary amides is 1. The minimum Gasteiger partial charge on any atom is -0.480 e. The van der Waals surface area contributed by atoms with E-state index in [1.54, 1.807) is 0 Å². The Kier molecular flexibility index (Phi) is 7.62. The van der Waals surface area contributed by atoms with Gasteiger partial charge in [0.05, 0.1) is 12.5 Å². The van der Waals surface area contributed by atoms with Crippen molar-refractivity contribution in [2.45, 2.75) is 31.5 Å². The summed E-state index contributed by atoms with van der Waals surface area (Å²) in [5, 5.41) is 13.2. The molecule has 0 aromatic rings. The van der Waals surface area contributed by atoms with E-state index in [9.17, 15) is 19.2 Å². The number of nitrogens with one attached hydrogen (secondary N) is 2. The Morgan fingerprint density at radius 3 is 2.15 bits per heavy atom. The van der Waals surface area contributed by atoms with Gasteiger partial charge in [0.15, 0.2) is 0 Å². The first-order valence-corrected chi connectivity index (χ1v) is 6.30. The van der Waals surface area contributed by atoms with Crippen LogP contribution in [0.15, 0.2) is 0 Å². The van der Waals surface area contributed by atoms with Gasteiger partial charge < -0.3 is 27.2 Å². The number of thiol groups is 1. The second kappa shape index (κ2) is 8.38. The molecule has 0 aliphatic rings. The number of hydrogen-bond acceptors (Lipinski definition) is 6. The first-order chi connectivity index (χ1) is 9.18. The van der Waals surface area contributed by atoms with Crippen LogP contribution in [0.25, 0.3) is 0 Å². The largest absolute Gasteiger partial charge is 0.480 e. The zero-order chi connectivity index (χ0) is 15.9. The van der Waals surface area contributed by atoms with Crippen molar-refractivity contribution >= 4 is 36.3 Å². The summed E-state index contributed by atoms with van der Waals surface area (Å²) in [6.45, 7) is 1.35. The summed E-state index contributed by atoms with van der Waals surface area (Å²) >= 11 is 3.78. The summed E-state index contributed by atoms with van der Waals surface area (Å²) < 4.78 is 0. The number of carbonyl (C=O) groups excluding carboxylic acids is 3. The number of amides is 3. The standard InChI is InChI=1S/C10H18N4O5S/c1-4(8(16)14-6(3-20)10(18)19)13-9(17)5(11)2-7(12)15/h4-6,20H,2-3,11H2,1H3,(H2,12,15)(H,13,17)(H,14,16)(H,18,19). The van der Waals surface area contributed by atoms with Crippen molar-refractivity contribution in [1.29, 1.82) is 0 Å². The van der Waals surface area contributed by atoms with Crippen LogP contribution in [0.2, 0.25) is 0 Å². The van der Waals surface area contributed by atoms with Crippen molar-refractivity contribution in [3.05, 3.63) is 0 Å². The molecule has 0 aliphatic heterocycles. The van der Waals surface area contributed by atoms with Gasteiger partial charge in [-0.25, -0.2) is 4.79 Å². The summed E-state index contributed by atoms with van der Waals surface area (Å²) in [7, 11) is 0. The van der Waals surface area contributed by atoms with E-state index >= 15 is 0 Å². The Morgan fingerprint density at radius 2 is 1.75 bits per heavy atom. The van der Waals surface area contributed by atoms with Crippen LogP contribution in [0.5, 0.6) is 0 Å². The molecule has 3 atom stereocenters. The summed E-state index contributed by atoms with van der Waals surface area (Å²) in [5.74, 6) is -3.51. The lowest BCUT2D eigenvalue weighted by atomic mass is 10.2. The Morgan fingerprint density at radius 1 is 1.20 bits per heavy atom. The number of rotatable bonds is 8.